The smallest absolute Gasteiger partial charge is 0.132 e. The van der Waals surface area contributed by atoms with Gasteiger partial charge < -0.3 is 4.90 Å². The lowest BCUT2D eigenvalue weighted by atomic mass is 9.95. The van der Waals surface area contributed by atoms with Gasteiger partial charge in [0, 0.05) is 17.5 Å². The molecule has 4 rings (SSSR count). The Morgan fingerprint density at radius 1 is 1.08 bits per heavy atom. The van der Waals surface area contributed by atoms with E-state index in [0.717, 1.165) is 60.3 Å². The van der Waals surface area contributed by atoms with E-state index in [1.54, 1.807) is 12.1 Å². The van der Waals surface area contributed by atoms with E-state index in [1.807, 2.05) is 30.5 Å². The number of fused-ring (bicyclic) bond motifs is 1. The predicted molar refractivity (Wildman–Crippen MR) is 99.0 cm³/mol. The quantitative estimate of drug-likeness (QED) is 0.698. The summed E-state index contributed by atoms with van der Waals surface area (Å²) in [6, 6.07) is 12.7. The molecule has 1 saturated heterocycles. The Bertz CT molecular complexity index is 885. The predicted octanol–water partition coefficient (Wildman–Crippen LogP) is 4.64. The van der Waals surface area contributed by atoms with Gasteiger partial charge in [-0.05, 0) is 67.9 Å². The van der Waals surface area contributed by atoms with E-state index < -0.39 is 0 Å². The molecule has 25 heavy (non-hydrogen) atoms. The zero-order valence-corrected chi connectivity index (χ0v) is 14.5. The van der Waals surface area contributed by atoms with Gasteiger partial charge in [-0.15, -0.1) is 0 Å². The average molecular weight is 335 g/mol. The summed E-state index contributed by atoms with van der Waals surface area (Å²) in [6.45, 7) is 5.58. The summed E-state index contributed by atoms with van der Waals surface area (Å²) in [5.74, 6) is 1.19. The van der Waals surface area contributed by atoms with Crippen LogP contribution in [0.25, 0.3) is 22.0 Å². The fourth-order valence-corrected chi connectivity index (χ4v) is 3.60. The Labute approximate surface area is 147 Å². The standard InChI is InChI=1S/C21H22FN3/c1-2-25-10-8-15(9-11-25)21-23-14-18-12-17(6-7-20(18)24-21)16-4-3-5-19(22)13-16/h3-7,12-15H,2,8-11H2,1H3. The number of piperidine rings is 1. The maximum absolute atomic E-state index is 13.5. The number of benzene rings is 2. The highest BCUT2D eigenvalue weighted by molar-refractivity contribution is 5.83. The van der Waals surface area contributed by atoms with Crippen molar-refractivity contribution in [2.75, 3.05) is 19.6 Å². The number of likely N-dealkylation sites (tertiary alicyclic amines) is 1. The van der Waals surface area contributed by atoms with Gasteiger partial charge in [0.05, 0.1) is 5.52 Å². The van der Waals surface area contributed by atoms with Crippen LogP contribution in [-0.4, -0.2) is 34.5 Å². The largest absolute Gasteiger partial charge is 0.304 e. The Morgan fingerprint density at radius 3 is 2.64 bits per heavy atom. The van der Waals surface area contributed by atoms with E-state index >= 15 is 0 Å². The molecule has 0 N–H and O–H groups in total. The van der Waals surface area contributed by atoms with E-state index in [9.17, 15) is 4.39 Å². The molecule has 3 aromatic rings. The van der Waals surface area contributed by atoms with Gasteiger partial charge in [0.2, 0.25) is 0 Å². The van der Waals surface area contributed by atoms with Crippen molar-refractivity contribution in [3.8, 4) is 11.1 Å². The molecule has 0 atom stereocenters. The van der Waals surface area contributed by atoms with E-state index in [2.05, 4.69) is 16.8 Å². The number of nitrogens with zero attached hydrogens (tertiary/aromatic N) is 3. The molecule has 3 nitrogen and oxygen atoms in total. The summed E-state index contributed by atoms with van der Waals surface area (Å²) < 4.78 is 13.5. The van der Waals surface area contributed by atoms with Gasteiger partial charge in [0.25, 0.3) is 0 Å². The maximum Gasteiger partial charge on any atom is 0.132 e. The minimum absolute atomic E-state index is 0.220. The van der Waals surface area contributed by atoms with Crippen molar-refractivity contribution in [3.05, 3.63) is 60.3 Å². The van der Waals surface area contributed by atoms with Crippen molar-refractivity contribution in [2.45, 2.75) is 25.7 Å². The molecule has 2 aromatic carbocycles. The maximum atomic E-state index is 13.5. The molecule has 0 aliphatic carbocycles. The molecule has 128 valence electrons. The molecule has 1 aliphatic heterocycles. The van der Waals surface area contributed by atoms with Gasteiger partial charge in [0.1, 0.15) is 11.6 Å². The van der Waals surface area contributed by atoms with Crippen molar-refractivity contribution in [3.63, 3.8) is 0 Å². The summed E-state index contributed by atoms with van der Waals surface area (Å²) in [4.78, 5) is 11.9. The second kappa shape index (κ2) is 6.89. The Morgan fingerprint density at radius 2 is 1.88 bits per heavy atom. The fraction of sp³-hybridized carbons (Fsp3) is 0.333. The van der Waals surface area contributed by atoms with Gasteiger partial charge in [-0.25, -0.2) is 14.4 Å². The van der Waals surface area contributed by atoms with Crippen molar-refractivity contribution < 1.29 is 4.39 Å². The monoisotopic (exact) mass is 335 g/mol. The topological polar surface area (TPSA) is 29.0 Å². The summed E-state index contributed by atoms with van der Waals surface area (Å²) in [5, 5.41) is 0.997. The summed E-state index contributed by atoms with van der Waals surface area (Å²) >= 11 is 0. The van der Waals surface area contributed by atoms with Crippen molar-refractivity contribution in [1.29, 1.82) is 0 Å². The van der Waals surface area contributed by atoms with Crippen LogP contribution in [0.3, 0.4) is 0 Å². The Hall–Kier alpha value is -2.33. The highest BCUT2D eigenvalue weighted by Crippen LogP contribution is 2.28. The number of rotatable bonds is 3. The van der Waals surface area contributed by atoms with Crippen LogP contribution in [0.5, 0.6) is 0 Å². The minimum Gasteiger partial charge on any atom is -0.304 e. The normalized spacial score (nSPS) is 16.4. The highest BCUT2D eigenvalue weighted by Gasteiger charge is 2.21. The molecule has 0 radical (unpaired) electrons. The molecule has 0 saturated carbocycles. The SMILES string of the molecule is CCN1CCC(c2ncc3cc(-c4cccc(F)c4)ccc3n2)CC1. The van der Waals surface area contributed by atoms with Crippen molar-refractivity contribution in [2.24, 2.45) is 0 Å². The first-order valence-electron chi connectivity index (χ1n) is 8.98. The molecular weight excluding hydrogens is 313 g/mol. The van der Waals surface area contributed by atoms with Crippen LogP contribution in [0.1, 0.15) is 31.5 Å². The van der Waals surface area contributed by atoms with Crippen LogP contribution in [-0.2, 0) is 0 Å². The minimum atomic E-state index is -0.220. The zero-order valence-electron chi connectivity index (χ0n) is 14.5. The van der Waals surface area contributed by atoms with Gasteiger partial charge in [-0.1, -0.05) is 25.1 Å². The Kier molecular flexibility index (Phi) is 4.45. The third-order valence-electron chi connectivity index (χ3n) is 5.16. The molecular formula is C21H22FN3. The average Bonchev–Trinajstić information content (AvgIpc) is 2.67. The lowest BCUT2D eigenvalue weighted by Crippen LogP contribution is -2.33. The summed E-state index contributed by atoms with van der Waals surface area (Å²) in [5.41, 5.74) is 2.82. The Balaban J connectivity index is 1.61. The second-order valence-corrected chi connectivity index (χ2v) is 6.72. The highest BCUT2D eigenvalue weighted by atomic mass is 19.1. The summed E-state index contributed by atoms with van der Waals surface area (Å²) in [7, 11) is 0. The van der Waals surface area contributed by atoms with Crippen molar-refractivity contribution in [1.82, 2.24) is 14.9 Å². The van der Waals surface area contributed by atoms with Crippen LogP contribution in [0.15, 0.2) is 48.7 Å². The molecule has 2 heterocycles. The molecule has 0 amide bonds. The van der Waals surface area contributed by atoms with Crippen LogP contribution >= 0.6 is 0 Å². The van der Waals surface area contributed by atoms with Crippen LogP contribution in [0.2, 0.25) is 0 Å². The molecule has 4 heteroatoms. The van der Waals surface area contributed by atoms with E-state index in [1.165, 1.54) is 6.07 Å². The molecule has 0 unspecified atom stereocenters. The van der Waals surface area contributed by atoms with E-state index in [0.29, 0.717) is 5.92 Å². The van der Waals surface area contributed by atoms with Gasteiger partial charge in [-0.2, -0.15) is 0 Å². The summed E-state index contributed by atoms with van der Waals surface area (Å²) in [6.07, 6.45) is 4.16. The molecule has 0 spiro atoms. The third kappa shape index (κ3) is 3.40. The van der Waals surface area contributed by atoms with E-state index in [-0.39, 0.29) is 5.82 Å². The van der Waals surface area contributed by atoms with Gasteiger partial charge in [-0.3, -0.25) is 0 Å². The van der Waals surface area contributed by atoms with Crippen LogP contribution in [0.4, 0.5) is 4.39 Å². The third-order valence-corrected chi connectivity index (χ3v) is 5.16. The zero-order chi connectivity index (χ0) is 17.2. The van der Waals surface area contributed by atoms with Crippen LogP contribution < -0.4 is 0 Å². The number of hydrogen-bond donors (Lipinski definition) is 0. The lowest BCUT2D eigenvalue weighted by molar-refractivity contribution is 0.219. The molecule has 1 fully saturated rings. The van der Waals surface area contributed by atoms with E-state index in [4.69, 9.17) is 4.98 Å². The molecule has 1 aromatic heterocycles. The molecule has 1 aliphatic rings. The molecule has 0 bridgehead atoms. The number of aromatic nitrogens is 2. The lowest BCUT2D eigenvalue weighted by Gasteiger charge is -2.30. The van der Waals surface area contributed by atoms with Gasteiger partial charge >= 0.3 is 0 Å². The first kappa shape index (κ1) is 16.2. The number of halogens is 1. The second-order valence-electron chi connectivity index (χ2n) is 6.72. The van der Waals surface area contributed by atoms with Crippen molar-refractivity contribution >= 4 is 10.9 Å². The first-order chi connectivity index (χ1) is 12.2. The number of hydrogen-bond acceptors (Lipinski definition) is 3. The first-order valence-corrected chi connectivity index (χ1v) is 8.98. The fourth-order valence-electron chi connectivity index (χ4n) is 3.60. The van der Waals surface area contributed by atoms with Crippen LogP contribution in [0, 0.1) is 5.82 Å². The van der Waals surface area contributed by atoms with Gasteiger partial charge in [0.15, 0.2) is 0 Å².